The fourth-order valence-electron chi connectivity index (χ4n) is 3.39. The first-order valence-electron chi connectivity index (χ1n) is 8.98. The third-order valence-electron chi connectivity index (χ3n) is 4.76. The van der Waals surface area contributed by atoms with Crippen LogP contribution in [0.15, 0.2) is 59.4 Å². The number of anilines is 2. The Labute approximate surface area is 175 Å². The molecule has 1 aromatic carbocycles. The van der Waals surface area contributed by atoms with Crippen LogP contribution in [0.5, 0.6) is 0 Å². The molecule has 0 fully saturated rings. The Bertz CT molecular complexity index is 1110. The van der Waals surface area contributed by atoms with Gasteiger partial charge in [0.25, 0.3) is 5.91 Å². The number of thiazole rings is 1. The molecule has 1 aliphatic heterocycles. The van der Waals surface area contributed by atoms with Gasteiger partial charge in [0.1, 0.15) is 9.88 Å². The van der Waals surface area contributed by atoms with Gasteiger partial charge in [-0.3, -0.25) is 4.79 Å². The number of thiophene rings is 2. The van der Waals surface area contributed by atoms with E-state index in [-0.39, 0.29) is 5.91 Å². The number of aromatic nitrogens is 1. The molecule has 4 heterocycles. The number of benzene rings is 1. The Hall–Kier alpha value is -2.48. The predicted octanol–water partition coefficient (Wildman–Crippen LogP) is 5.75. The molecule has 0 aliphatic carbocycles. The maximum Gasteiger partial charge on any atom is 0.267 e. The number of hydrogen-bond donors (Lipinski definition) is 1. The lowest BCUT2D eigenvalue weighted by atomic mass is 10.1. The molecule has 5 rings (SSSR count). The molecule has 28 heavy (non-hydrogen) atoms. The number of amides is 1. The molecule has 1 aliphatic rings. The first-order chi connectivity index (χ1) is 13.8. The standard InChI is InChI=1S/C21H17N3OS3/c25-20(19-12-22-21(28-19)18-6-3-10-26-18)23-15-4-1-2-5-16(15)24-9-7-17-14(13-24)8-11-27-17/h1-6,8,10-12H,7,9,13H2,(H,23,25). The average Bonchev–Trinajstić information content (AvgIpc) is 3.48. The summed E-state index contributed by atoms with van der Waals surface area (Å²) in [5, 5.41) is 8.16. The van der Waals surface area contributed by atoms with Crippen molar-refractivity contribution in [2.75, 3.05) is 16.8 Å². The summed E-state index contributed by atoms with van der Waals surface area (Å²) in [5.41, 5.74) is 3.30. The lowest BCUT2D eigenvalue weighted by molar-refractivity contribution is 0.103. The van der Waals surface area contributed by atoms with E-state index in [9.17, 15) is 4.79 Å². The zero-order chi connectivity index (χ0) is 18.9. The van der Waals surface area contributed by atoms with Crippen molar-refractivity contribution in [2.45, 2.75) is 13.0 Å². The quantitative estimate of drug-likeness (QED) is 0.455. The Morgan fingerprint density at radius 1 is 1.07 bits per heavy atom. The van der Waals surface area contributed by atoms with Crippen LogP contribution in [-0.4, -0.2) is 17.4 Å². The normalized spacial score (nSPS) is 13.4. The van der Waals surface area contributed by atoms with Gasteiger partial charge < -0.3 is 10.2 Å². The molecule has 0 saturated carbocycles. The molecule has 0 saturated heterocycles. The minimum atomic E-state index is -0.110. The number of carbonyl (C=O) groups is 1. The summed E-state index contributed by atoms with van der Waals surface area (Å²) in [4.78, 5) is 22.8. The fraction of sp³-hybridized carbons (Fsp3) is 0.143. The number of nitrogens with zero attached hydrogens (tertiary/aromatic N) is 2. The number of para-hydroxylation sites is 2. The summed E-state index contributed by atoms with van der Waals surface area (Å²) in [7, 11) is 0. The highest BCUT2D eigenvalue weighted by molar-refractivity contribution is 7.22. The van der Waals surface area contributed by atoms with Crippen LogP contribution < -0.4 is 10.2 Å². The summed E-state index contributed by atoms with van der Waals surface area (Å²) in [5.74, 6) is -0.110. The molecule has 1 amide bonds. The monoisotopic (exact) mass is 423 g/mol. The van der Waals surface area contributed by atoms with E-state index in [1.807, 2.05) is 47.0 Å². The second kappa shape index (κ2) is 7.50. The highest BCUT2D eigenvalue weighted by Crippen LogP contribution is 2.33. The van der Waals surface area contributed by atoms with Crippen LogP contribution in [-0.2, 0) is 13.0 Å². The lowest BCUT2D eigenvalue weighted by Gasteiger charge is -2.30. The van der Waals surface area contributed by atoms with Gasteiger partial charge in [-0.15, -0.1) is 34.0 Å². The third kappa shape index (κ3) is 3.37. The van der Waals surface area contributed by atoms with Crippen molar-refractivity contribution in [3.8, 4) is 9.88 Å². The van der Waals surface area contributed by atoms with Crippen molar-refractivity contribution in [3.05, 3.63) is 74.7 Å². The highest BCUT2D eigenvalue weighted by Gasteiger charge is 2.21. The summed E-state index contributed by atoms with van der Waals surface area (Å²) >= 11 is 4.89. The first-order valence-corrected chi connectivity index (χ1v) is 11.6. The van der Waals surface area contributed by atoms with Crippen molar-refractivity contribution < 1.29 is 4.79 Å². The van der Waals surface area contributed by atoms with E-state index in [0.29, 0.717) is 4.88 Å². The van der Waals surface area contributed by atoms with E-state index in [4.69, 9.17) is 0 Å². The topological polar surface area (TPSA) is 45.2 Å². The van der Waals surface area contributed by atoms with Crippen LogP contribution in [0.25, 0.3) is 9.88 Å². The second-order valence-corrected chi connectivity index (χ2v) is 9.50. The van der Waals surface area contributed by atoms with Gasteiger partial charge in [-0.05, 0) is 47.0 Å². The van der Waals surface area contributed by atoms with Gasteiger partial charge in [-0.25, -0.2) is 4.98 Å². The van der Waals surface area contributed by atoms with Crippen LogP contribution >= 0.6 is 34.0 Å². The molecule has 140 valence electrons. The molecule has 0 radical (unpaired) electrons. The van der Waals surface area contributed by atoms with Gasteiger partial charge in [0.05, 0.1) is 22.4 Å². The van der Waals surface area contributed by atoms with E-state index in [1.54, 1.807) is 17.5 Å². The molecular formula is C21H17N3OS3. The average molecular weight is 424 g/mol. The van der Waals surface area contributed by atoms with Crippen LogP contribution in [0.3, 0.4) is 0 Å². The van der Waals surface area contributed by atoms with Crippen molar-refractivity contribution in [3.63, 3.8) is 0 Å². The Balaban J connectivity index is 1.37. The van der Waals surface area contributed by atoms with Crippen LogP contribution in [0, 0.1) is 0 Å². The van der Waals surface area contributed by atoms with Gasteiger partial charge in [0, 0.05) is 18.0 Å². The molecular weight excluding hydrogens is 406 g/mol. The minimum Gasteiger partial charge on any atom is -0.365 e. The van der Waals surface area contributed by atoms with E-state index in [2.05, 4.69) is 32.7 Å². The second-order valence-electron chi connectivity index (χ2n) is 6.52. The van der Waals surface area contributed by atoms with Gasteiger partial charge >= 0.3 is 0 Å². The third-order valence-corrected chi connectivity index (χ3v) is 7.82. The Morgan fingerprint density at radius 3 is 2.89 bits per heavy atom. The summed E-state index contributed by atoms with van der Waals surface area (Å²) in [6, 6.07) is 14.3. The number of rotatable bonds is 4. The highest BCUT2D eigenvalue weighted by atomic mass is 32.1. The molecule has 3 aromatic heterocycles. The fourth-order valence-corrected chi connectivity index (χ4v) is 5.89. The van der Waals surface area contributed by atoms with Crippen LogP contribution in [0.4, 0.5) is 11.4 Å². The maximum atomic E-state index is 12.8. The number of nitrogens with one attached hydrogen (secondary N) is 1. The number of fused-ring (bicyclic) bond motifs is 1. The van der Waals surface area contributed by atoms with Gasteiger partial charge in [0.15, 0.2) is 0 Å². The largest absolute Gasteiger partial charge is 0.365 e. The van der Waals surface area contributed by atoms with E-state index in [0.717, 1.165) is 40.8 Å². The van der Waals surface area contributed by atoms with Crippen molar-refractivity contribution in [1.82, 2.24) is 4.98 Å². The molecule has 0 bridgehead atoms. The SMILES string of the molecule is O=C(Nc1ccccc1N1CCc2sccc2C1)c1cnc(-c2cccs2)s1. The van der Waals surface area contributed by atoms with Gasteiger partial charge in [-0.2, -0.15) is 0 Å². The zero-order valence-corrected chi connectivity index (χ0v) is 17.4. The molecule has 4 nitrogen and oxygen atoms in total. The molecule has 4 aromatic rings. The Kier molecular flexibility index (Phi) is 4.72. The zero-order valence-electron chi connectivity index (χ0n) is 14.9. The van der Waals surface area contributed by atoms with Crippen LogP contribution in [0.2, 0.25) is 0 Å². The summed E-state index contributed by atoms with van der Waals surface area (Å²) in [6.45, 7) is 1.85. The molecule has 0 spiro atoms. The van der Waals surface area contributed by atoms with Crippen LogP contribution in [0.1, 0.15) is 20.1 Å². The Morgan fingerprint density at radius 2 is 2.00 bits per heavy atom. The predicted molar refractivity (Wildman–Crippen MR) is 119 cm³/mol. The summed E-state index contributed by atoms with van der Waals surface area (Å²) in [6.07, 6.45) is 2.71. The van der Waals surface area contributed by atoms with Crippen molar-refractivity contribution >= 4 is 51.3 Å². The van der Waals surface area contributed by atoms with E-state index in [1.165, 1.54) is 21.8 Å². The lowest BCUT2D eigenvalue weighted by Crippen LogP contribution is -2.30. The van der Waals surface area contributed by atoms with Gasteiger partial charge in [-0.1, -0.05) is 18.2 Å². The maximum absolute atomic E-state index is 12.8. The minimum absolute atomic E-state index is 0.110. The molecule has 0 unspecified atom stereocenters. The van der Waals surface area contributed by atoms with E-state index >= 15 is 0 Å². The smallest absolute Gasteiger partial charge is 0.267 e. The molecule has 0 atom stereocenters. The molecule has 7 heteroatoms. The summed E-state index contributed by atoms with van der Waals surface area (Å²) < 4.78 is 0. The van der Waals surface area contributed by atoms with Gasteiger partial charge in [0.2, 0.25) is 0 Å². The van der Waals surface area contributed by atoms with Crippen molar-refractivity contribution in [1.29, 1.82) is 0 Å². The van der Waals surface area contributed by atoms with Crippen molar-refractivity contribution in [2.24, 2.45) is 0 Å². The first kappa shape index (κ1) is 17.6. The van der Waals surface area contributed by atoms with E-state index < -0.39 is 0 Å². The number of hydrogen-bond acceptors (Lipinski definition) is 6. The number of carbonyl (C=O) groups excluding carboxylic acids is 1. The molecule has 1 N–H and O–H groups in total.